The van der Waals surface area contributed by atoms with Gasteiger partial charge in [-0.1, -0.05) is 11.6 Å². The Bertz CT molecular complexity index is 575. The molecule has 1 aliphatic rings. The SMILES string of the molecule is OCC1CC(O)C(n2cnc3c(Cl)ncnc32)O1. The first kappa shape index (κ1) is 11.8. The molecule has 1 saturated heterocycles. The van der Waals surface area contributed by atoms with E-state index >= 15 is 0 Å². The standard InChI is InChI=1S/C10H11ClN4O3/c11-8-7-9(13-3-12-8)15(4-14-7)10-6(17)1-5(2-16)18-10/h3-6,10,16-17H,1-2H2. The van der Waals surface area contributed by atoms with Gasteiger partial charge in [0.05, 0.1) is 19.0 Å². The highest BCUT2D eigenvalue weighted by Crippen LogP contribution is 2.31. The predicted octanol–water partition coefficient (Wildman–Crippen LogP) is 0.120. The second-order valence-electron chi connectivity index (χ2n) is 4.12. The first-order valence-corrected chi connectivity index (χ1v) is 5.86. The van der Waals surface area contributed by atoms with E-state index in [9.17, 15) is 5.11 Å². The molecule has 0 amide bonds. The van der Waals surface area contributed by atoms with Gasteiger partial charge in [-0.15, -0.1) is 0 Å². The minimum absolute atomic E-state index is 0.129. The fourth-order valence-electron chi connectivity index (χ4n) is 2.11. The molecule has 7 nitrogen and oxygen atoms in total. The average Bonchev–Trinajstić information content (AvgIpc) is 2.93. The van der Waals surface area contributed by atoms with Gasteiger partial charge in [-0.05, 0) is 0 Å². The van der Waals surface area contributed by atoms with Crippen LogP contribution in [0.2, 0.25) is 5.15 Å². The van der Waals surface area contributed by atoms with E-state index in [-0.39, 0.29) is 17.9 Å². The maximum Gasteiger partial charge on any atom is 0.167 e. The van der Waals surface area contributed by atoms with Gasteiger partial charge >= 0.3 is 0 Å². The van der Waals surface area contributed by atoms with Gasteiger partial charge in [0.25, 0.3) is 0 Å². The lowest BCUT2D eigenvalue weighted by Crippen LogP contribution is -2.19. The summed E-state index contributed by atoms with van der Waals surface area (Å²) in [5.41, 5.74) is 0.958. The third kappa shape index (κ3) is 1.76. The number of halogens is 1. The van der Waals surface area contributed by atoms with E-state index in [1.165, 1.54) is 12.7 Å². The second-order valence-corrected chi connectivity index (χ2v) is 4.48. The normalized spacial score (nSPS) is 28.1. The number of aromatic nitrogens is 4. The molecule has 3 heterocycles. The molecule has 0 spiro atoms. The van der Waals surface area contributed by atoms with E-state index in [0.29, 0.717) is 17.6 Å². The van der Waals surface area contributed by atoms with Crippen LogP contribution < -0.4 is 0 Å². The molecule has 8 heteroatoms. The number of hydrogen-bond donors (Lipinski definition) is 2. The van der Waals surface area contributed by atoms with Crippen LogP contribution in [0.5, 0.6) is 0 Å². The molecule has 3 atom stereocenters. The summed E-state index contributed by atoms with van der Waals surface area (Å²) in [6.45, 7) is -0.129. The van der Waals surface area contributed by atoms with Crippen LogP contribution in [0.3, 0.4) is 0 Å². The molecule has 2 aromatic rings. The Morgan fingerprint density at radius 2 is 2.28 bits per heavy atom. The van der Waals surface area contributed by atoms with Crippen molar-refractivity contribution < 1.29 is 14.9 Å². The third-order valence-electron chi connectivity index (χ3n) is 2.96. The van der Waals surface area contributed by atoms with Gasteiger partial charge in [0.2, 0.25) is 0 Å². The number of imidazole rings is 1. The van der Waals surface area contributed by atoms with Crippen molar-refractivity contribution in [1.29, 1.82) is 0 Å². The van der Waals surface area contributed by atoms with Crippen LogP contribution >= 0.6 is 11.6 Å². The van der Waals surface area contributed by atoms with Crippen LogP contribution in [0, 0.1) is 0 Å². The van der Waals surface area contributed by atoms with Crippen LogP contribution in [0.15, 0.2) is 12.7 Å². The summed E-state index contributed by atoms with van der Waals surface area (Å²) >= 11 is 5.90. The summed E-state index contributed by atoms with van der Waals surface area (Å²) in [6, 6.07) is 0. The van der Waals surface area contributed by atoms with Crippen molar-refractivity contribution in [2.75, 3.05) is 6.61 Å². The highest BCUT2D eigenvalue weighted by molar-refractivity contribution is 6.33. The predicted molar refractivity (Wildman–Crippen MR) is 62.0 cm³/mol. The summed E-state index contributed by atoms with van der Waals surface area (Å²) < 4.78 is 7.14. The topological polar surface area (TPSA) is 93.3 Å². The fraction of sp³-hybridized carbons (Fsp3) is 0.500. The summed E-state index contributed by atoms with van der Waals surface area (Å²) in [7, 11) is 0. The van der Waals surface area contributed by atoms with Gasteiger partial charge in [-0.2, -0.15) is 0 Å². The molecule has 18 heavy (non-hydrogen) atoms. The number of rotatable bonds is 2. The molecule has 96 valence electrons. The van der Waals surface area contributed by atoms with E-state index in [1.54, 1.807) is 4.57 Å². The summed E-state index contributed by atoms with van der Waals surface area (Å²) in [5, 5.41) is 19.2. The van der Waals surface area contributed by atoms with Gasteiger partial charge in [-0.3, -0.25) is 4.57 Å². The molecule has 2 N–H and O–H groups in total. The van der Waals surface area contributed by atoms with Crippen molar-refractivity contribution >= 4 is 22.8 Å². The van der Waals surface area contributed by atoms with Crippen LogP contribution in [-0.2, 0) is 4.74 Å². The van der Waals surface area contributed by atoms with Gasteiger partial charge in [0, 0.05) is 6.42 Å². The molecule has 0 bridgehead atoms. The van der Waals surface area contributed by atoms with Crippen LogP contribution in [0.1, 0.15) is 12.6 Å². The highest BCUT2D eigenvalue weighted by Gasteiger charge is 2.35. The summed E-state index contributed by atoms with van der Waals surface area (Å²) in [4.78, 5) is 12.0. The smallest absolute Gasteiger partial charge is 0.167 e. The van der Waals surface area contributed by atoms with Gasteiger partial charge in [-0.25, -0.2) is 15.0 Å². The zero-order valence-electron chi connectivity index (χ0n) is 9.27. The molecule has 3 unspecified atom stereocenters. The number of ether oxygens (including phenoxy) is 1. The molecule has 0 saturated carbocycles. The van der Waals surface area contributed by atoms with E-state index < -0.39 is 12.3 Å². The van der Waals surface area contributed by atoms with Crippen molar-refractivity contribution in [3.8, 4) is 0 Å². The zero-order chi connectivity index (χ0) is 12.7. The lowest BCUT2D eigenvalue weighted by molar-refractivity contribution is -0.0486. The Morgan fingerprint density at radius 3 is 3.00 bits per heavy atom. The number of nitrogens with zero attached hydrogens (tertiary/aromatic N) is 4. The van der Waals surface area contributed by atoms with Crippen LogP contribution in [-0.4, -0.2) is 48.5 Å². The Balaban J connectivity index is 2.02. The number of aliphatic hydroxyl groups is 2. The van der Waals surface area contributed by atoms with E-state index in [2.05, 4.69) is 15.0 Å². The molecule has 0 radical (unpaired) electrons. The first-order valence-electron chi connectivity index (χ1n) is 5.48. The molecule has 2 aromatic heterocycles. The van der Waals surface area contributed by atoms with Crippen molar-refractivity contribution in [3.05, 3.63) is 17.8 Å². The molecule has 1 aliphatic heterocycles. The molecule has 0 aliphatic carbocycles. The molecule has 1 fully saturated rings. The Morgan fingerprint density at radius 1 is 1.44 bits per heavy atom. The highest BCUT2D eigenvalue weighted by atomic mass is 35.5. The van der Waals surface area contributed by atoms with Crippen LogP contribution in [0.4, 0.5) is 0 Å². The summed E-state index contributed by atoms with van der Waals surface area (Å²) in [6.07, 6.45) is 1.50. The minimum atomic E-state index is -0.715. The van der Waals surface area contributed by atoms with Crippen LogP contribution in [0.25, 0.3) is 11.2 Å². The van der Waals surface area contributed by atoms with Crippen molar-refractivity contribution in [2.45, 2.75) is 24.9 Å². The molecule has 3 rings (SSSR count). The van der Waals surface area contributed by atoms with E-state index in [4.69, 9.17) is 21.4 Å². The fourth-order valence-corrected chi connectivity index (χ4v) is 2.28. The van der Waals surface area contributed by atoms with Crippen molar-refractivity contribution in [3.63, 3.8) is 0 Å². The van der Waals surface area contributed by atoms with Gasteiger partial charge in [0.1, 0.15) is 17.9 Å². The van der Waals surface area contributed by atoms with Crippen molar-refractivity contribution in [1.82, 2.24) is 19.5 Å². The minimum Gasteiger partial charge on any atom is -0.394 e. The monoisotopic (exact) mass is 270 g/mol. The van der Waals surface area contributed by atoms with Crippen molar-refractivity contribution in [2.24, 2.45) is 0 Å². The Labute approximate surface area is 107 Å². The number of fused-ring (bicyclic) bond motifs is 1. The second kappa shape index (κ2) is 4.43. The van der Waals surface area contributed by atoms with E-state index in [0.717, 1.165) is 0 Å². The lowest BCUT2D eigenvalue weighted by Gasteiger charge is -2.16. The maximum atomic E-state index is 9.93. The average molecular weight is 271 g/mol. The summed E-state index contributed by atoms with van der Waals surface area (Å²) in [5.74, 6) is 0. The third-order valence-corrected chi connectivity index (χ3v) is 3.23. The molecular weight excluding hydrogens is 260 g/mol. The van der Waals surface area contributed by atoms with Gasteiger partial charge < -0.3 is 14.9 Å². The zero-order valence-corrected chi connectivity index (χ0v) is 10.0. The first-order chi connectivity index (χ1) is 8.70. The molecular formula is C10H11ClN4O3. The Kier molecular flexibility index (Phi) is 2.90. The van der Waals surface area contributed by atoms with E-state index in [1.807, 2.05) is 0 Å². The maximum absolute atomic E-state index is 9.93. The number of aliphatic hydroxyl groups excluding tert-OH is 2. The molecule has 0 aromatic carbocycles. The quantitative estimate of drug-likeness (QED) is 0.753. The van der Waals surface area contributed by atoms with Gasteiger partial charge in [0.15, 0.2) is 17.0 Å². The number of hydrogen-bond acceptors (Lipinski definition) is 6. The largest absolute Gasteiger partial charge is 0.394 e. The Hall–Kier alpha value is -1.28. The lowest BCUT2D eigenvalue weighted by atomic mass is 10.2.